The number of hydrogen-bond acceptors (Lipinski definition) is 2. The molecule has 0 aliphatic rings. The first-order chi connectivity index (χ1) is 7.13. The van der Waals surface area contributed by atoms with Crippen LogP contribution in [0.15, 0.2) is 0 Å². The Kier molecular flexibility index (Phi) is 7.68. The summed E-state index contributed by atoms with van der Waals surface area (Å²) in [7, 11) is 0. The first-order valence-corrected chi connectivity index (χ1v) is 5.70. The molecule has 4 heteroatoms. The number of hydrogen-bond donors (Lipinski definition) is 2. The van der Waals surface area contributed by atoms with Crippen molar-refractivity contribution < 1.29 is 9.59 Å². The molecule has 0 aliphatic carbocycles. The third kappa shape index (κ3) is 6.94. The summed E-state index contributed by atoms with van der Waals surface area (Å²) in [5.41, 5.74) is 0. The molecule has 0 unspecified atom stereocenters. The standard InChI is InChI=1S/C11H22N2O2/c1-4-7-10(14)12-8-11(15)13-9(5-2)6-3/h9H,4-8H2,1-3H3,(H,12,14)(H,13,15). The quantitative estimate of drug-likeness (QED) is 0.669. The molecule has 0 rings (SSSR count). The minimum absolute atomic E-state index is 0.0582. The van der Waals surface area contributed by atoms with Gasteiger partial charge in [-0.25, -0.2) is 0 Å². The lowest BCUT2D eigenvalue weighted by Crippen LogP contribution is -2.41. The number of amides is 2. The summed E-state index contributed by atoms with van der Waals surface area (Å²) < 4.78 is 0. The lowest BCUT2D eigenvalue weighted by atomic mass is 10.2. The molecule has 0 spiro atoms. The predicted octanol–water partition coefficient (Wildman–Crippen LogP) is 1.21. The first-order valence-electron chi connectivity index (χ1n) is 5.70. The fraction of sp³-hybridized carbons (Fsp3) is 0.818. The predicted molar refractivity (Wildman–Crippen MR) is 60.4 cm³/mol. The van der Waals surface area contributed by atoms with Gasteiger partial charge < -0.3 is 10.6 Å². The molecule has 2 N–H and O–H groups in total. The largest absolute Gasteiger partial charge is 0.352 e. The van der Waals surface area contributed by atoms with Gasteiger partial charge in [-0.15, -0.1) is 0 Å². The Labute approximate surface area is 91.8 Å². The monoisotopic (exact) mass is 214 g/mol. The van der Waals surface area contributed by atoms with Crippen molar-refractivity contribution in [1.82, 2.24) is 10.6 Å². The lowest BCUT2D eigenvalue weighted by Gasteiger charge is -2.14. The smallest absolute Gasteiger partial charge is 0.239 e. The van der Waals surface area contributed by atoms with Gasteiger partial charge in [0.25, 0.3) is 0 Å². The third-order valence-electron chi connectivity index (χ3n) is 2.27. The third-order valence-corrected chi connectivity index (χ3v) is 2.27. The fourth-order valence-electron chi connectivity index (χ4n) is 1.27. The van der Waals surface area contributed by atoms with Crippen LogP contribution in [-0.4, -0.2) is 24.4 Å². The summed E-state index contributed by atoms with van der Waals surface area (Å²) >= 11 is 0. The van der Waals surface area contributed by atoms with E-state index < -0.39 is 0 Å². The van der Waals surface area contributed by atoms with E-state index >= 15 is 0 Å². The normalized spacial score (nSPS) is 10.1. The Morgan fingerprint density at radius 2 is 1.67 bits per heavy atom. The molecule has 0 aromatic heterocycles. The highest BCUT2D eigenvalue weighted by Gasteiger charge is 2.08. The average molecular weight is 214 g/mol. The van der Waals surface area contributed by atoms with Gasteiger partial charge in [-0.05, 0) is 19.3 Å². The van der Waals surface area contributed by atoms with Gasteiger partial charge in [-0.1, -0.05) is 20.8 Å². The van der Waals surface area contributed by atoms with Crippen molar-refractivity contribution in [3.05, 3.63) is 0 Å². The highest BCUT2D eigenvalue weighted by molar-refractivity contribution is 5.84. The van der Waals surface area contributed by atoms with E-state index in [1.54, 1.807) is 0 Å². The second-order valence-electron chi connectivity index (χ2n) is 3.61. The Morgan fingerprint density at radius 3 is 2.13 bits per heavy atom. The molecule has 0 aromatic rings. The summed E-state index contributed by atoms with van der Waals surface area (Å²) in [6.45, 7) is 6.09. The molecule has 0 bridgehead atoms. The zero-order valence-corrected chi connectivity index (χ0v) is 9.93. The summed E-state index contributed by atoms with van der Waals surface area (Å²) in [4.78, 5) is 22.4. The van der Waals surface area contributed by atoms with Crippen LogP contribution in [0, 0.1) is 0 Å². The van der Waals surface area contributed by atoms with Gasteiger partial charge in [0.05, 0.1) is 6.54 Å². The molecule has 2 amide bonds. The Balaban J connectivity index is 3.69. The van der Waals surface area contributed by atoms with Crippen molar-refractivity contribution in [2.75, 3.05) is 6.54 Å². The second kappa shape index (κ2) is 8.26. The molecule has 88 valence electrons. The highest BCUT2D eigenvalue weighted by Crippen LogP contribution is 1.95. The van der Waals surface area contributed by atoms with Crippen LogP contribution in [0.1, 0.15) is 46.5 Å². The number of nitrogens with one attached hydrogen (secondary N) is 2. The molecule has 0 atom stereocenters. The van der Waals surface area contributed by atoms with Gasteiger partial charge in [0, 0.05) is 12.5 Å². The molecule has 0 saturated heterocycles. The number of carbonyl (C=O) groups excluding carboxylic acids is 2. The highest BCUT2D eigenvalue weighted by atomic mass is 16.2. The Bertz CT molecular complexity index is 201. The van der Waals surface area contributed by atoms with Gasteiger partial charge >= 0.3 is 0 Å². The Morgan fingerprint density at radius 1 is 1.07 bits per heavy atom. The van der Waals surface area contributed by atoms with Crippen LogP contribution >= 0.6 is 0 Å². The van der Waals surface area contributed by atoms with Crippen LogP contribution in [-0.2, 0) is 9.59 Å². The van der Waals surface area contributed by atoms with E-state index in [1.165, 1.54) is 0 Å². The zero-order chi connectivity index (χ0) is 11.7. The van der Waals surface area contributed by atoms with E-state index in [1.807, 2.05) is 20.8 Å². The van der Waals surface area contributed by atoms with Crippen molar-refractivity contribution >= 4 is 11.8 Å². The molecule has 0 radical (unpaired) electrons. The van der Waals surface area contributed by atoms with Crippen molar-refractivity contribution in [3.8, 4) is 0 Å². The summed E-state index contributed by atoms with van der Waals surface area (Å²) in [5, 5.41) is 5.45. The maximum atomic E-state index is 11.4. The van der Waals surface area contributed by atoms with Crippen LogP contribution in [0.3, 0.4) is 0 Å². The van der Waals surface area contributed by atoms with Gasteiger partial charge in [-0.3, -0.25) is 9.59 Å². The maximum Gasteiger partial charge on any atom is 0.239 e. The van der Waals surface area contributed by atoms with Gasteiger partial charge in [0.2, 0.25) is 11.8 Å². The zero-order valence-electron chi connectivity index (χ0n) is 9.93. The van der Waals surface area contributed by atoms with E-state index in [9.17, 15) is 9.59 Å². The fourth-order valence-corrected chi connectivity index (χ4v) is 1.27. The maximum absolute atomic E-state index is 11.4. The van der Waals surface area contributed by atoms with Gasteiger partial charge in [-0.2, -0.15) is 0 Å². The van der Waals surface area contributed by atoms with Crippen LogP contribution < -0.4 is 10.6 Å². The van der Waals surface area contributed by atoms with E-state index in [-0.39, 0.29) is 24.4 Å². The van der Waals surface area contributed by atoms with E-state index in [2.05, 4.69) is 10.6 Å². The minimum atomic E-state index is -0.104. The molecule has 0 aliphatic heterocycles. The SMILES string of the molecule is CCCC(=O)NCC(=O)NC(CC)CC. The molecule has 0 saturated carbocycles. The van der Waals surface area contributed by atoms with Crippen molar-refractivity contribution in [1.29, 1.82) is 0 Å². The van der Waals surface area contributed by atoms with Crippen molar-refractivity contribution in [2.45, 2.75) is 52.5 Å². The van der Waals surface area contributed by atoms with Crippen molar-refractivity contribution in [2.24, 2.45) is 0 Å². The lowest BCUT2D eigenvalue weighted by molar-refractivity contribution is -0.126. The average Bonchev–Trinajstić information content (AvgIpc) is 2.23. The molecular weight excluding hydrogens is 192 g/mol. The topological polar surface area (TPSA) is 58.2 Å². The molecule has 0 heterocycles. The molecule has 0 aromatic carbocycles. The molecule has 15 heavy (non-hydrogen) atoms. The summed E-state index contributed by atoms with van der Waals surface area (Å²) in [6.07, 6.45) is 3.13. The number of rotatable bonds is 7. The van der Waals surface area contributed by atoms with Gasteiger partial charge in [0.1, 0.15) is 0 Å². The molecular formula is C11H22N2O2. The van der Waals surface area contributed by atoms with Crippen molar-refractivity contribution in [3.63, 3.8) is 0 Å². The first kappa shape index (κ1) is 13.9. The van der Waals surface area contributed by atoms with E-state index in [0.29, 0.717) is 6.42 Å². The molecule has 4 nitrogen and oxygen atoms in total. The summed E-state index contributed by atoms with van der Waals surface area (Å²) in [6, 6.07) is 0.223. The van der Waals surface area contributed by atoms with Gasteiger partial charge in [0.15, 0.2) is 0 Å². The van der Waals surface area contributed by atoms with Crippen LogP contribution in [0.5, 0.6) is 0 Å². The van der Waals surface area contributed by atoms with E-state index in [0.717, 1.165) is 19.3 Å². The minimum Gasteiger partial charge on any atom is -0.352 e. The second-order valence-corrected chi connectivity index (χ2v) is 3.61. The molecule has 0 fully saturated rings. The van der Waals surface area contributed by atoms with Crippen LogP contribution in [0.25, 0.3) is 0 Å². The van der Waals surface area contributed by atoms with E-state index in [4.69, 9.17) is 0 Å². The summed E-state index contributed by atoms with van der Waals surface area (Å²) in [5.74, 6) is -0.162. The van der Waals surface area contributed by atoms with Crippen LogP contribution in [0.2, 0.25) is 0 Å². The Hall–Kier alpha value is -1.06. The van der Waals surface area contributed by atoms with Crippen LogP contribution in [0.4, 0.5) is 0 Å². The number of carbonyl (C=O) groups is 2.